The molecule has 3 N–H and O–H groups in total. The Labute approximate surface area is 98.6 Å². The van der Waals surface area contributed by atoms with Crippen LogP contribution >= 0.6 is 0 Å². The predicted octanol–water partition coefficient (Wildman–Crippen LogP) is 0.570. The van der Waals surface area contributed by atoms with Crippen molar-refractivity contribution in [2.24, 2.45) is 11.1 Å². The number of carbonyl (C=O) groups excluding carboxylic acids is 1. The fourth-order valence-electron chi connectivity index (χ4n) is 2.15. The summed E-state index contributed by atoms with van der Waals surface area (Å²) >= 11 is 0. The molecule has 1 aliphatic rings. The first-order valence-corrected chi connectivity index (χ1v) is 5.92. The number of rotatable bonds is 1. The van der Waals surface area contributed by atoms with Gasteiger partial charge in [-0.05, 0) is 26.2 Å². The SMILES string of the molecule is CC1(C)CNC(=O)C(CN)N(C(C)(C)C)C1. The zero-order valence-corrected chi connectivity index (χ0v) is 11.1. The van der Waals surface area contributed by atoms with Crippen molar-refractivity contribution in [1.82, 2.24) is 10.2 Å². The lowest BCUT2D eigenvalue weighted by molar-refractivity contribution is -0.127. The summed E-state index contributed by atoms with van der Waals surface area (Å²) in [5, 5.41) is 2.98. The van der Waals surface area contributed by atoms with Crippen molar-refractivity contribution in [1.29, 1.82) is 0 Å². The molecular formula is C12H25N3O. The lowest BCUT2D eigenvalue weighted by Gasteiger charge is -2.41. The maximum atomic E-state index is 12.0. The van der Waals surface area contributed by atoms with E-state index in [1.807, 2.05) is 0 Å². The summed E-state index contributed by atoms with van der Waals surface area (Å²) in [5.74, 6) is 0.0583. The highest BCUT2D eigenvalue weighted by molar-refractivity contribution is 5.82. The first-order valence-electron chi connectivity index (χ1n) is 5.92. The molecule has 94 valence electrons. The average molecular weight is 227 g/mol. The number of hydrogen-bond donors (Lipinski definition) is 2. The summed E-state index contributed by atoms with van der Waals surface area (Å²) in [6.07, 6.45) is 0. The van der Waals surface area contributed by atoms with Gasteiger partial charge in [-0.2, -0.15) is 0 Å². The van der Waals surface area contributed by atoms with Gasteiger partial charge in [-0.25, -0.2) is 0 Å². The van der Waals surface area contributed by atoms with Crippen LogP contribution in [0.4, 0.5) is 0 Å². The van der Waals surface area contributed by atoms with Gasteiger partial charge in [-0.1, -0.05) is 13.8 Å². The van der Waals surface area contributed by atoms with E-state index >= 15 is 0 Å². The molecule has 0 radical (unpaired) electrons. The molecule has 16 heavy (non-hydrogen) atoms. The molecule has 1 unspecified atom stereocenters. The summed E-state index contributed by atoms with van der Waals surface area (Å²) in [6.45, 7) is 12.7. The smallest absolute Gasteiger partial charge is 0.238 e. The van der Waals surface area contributed by atoms with Crippen molar-refractivity contribution in [3.63, 3.8) is 0 Å². The molecule has 1 amide bonds. The molecule has 1 aliphatic heterocycles. The van der Waals surface area contributed by atoms with Gasteiger partial charge in [0.15, 0.2) is 0 Å². The Balaban J connectivity index is 3.01. The minimum Gasteiger partial charge on any atom is -0.354 e. The van der Waals surface area contributed by atoms with Crippen molar-refractivity contribution in [2.45, 2.75) is 46.2 Å². The van der Waals surface area contributed by atoms with E-state index in [1.54, 1.807) is 0 Å². The van der Waals surface area contributed by atoms with Crippen LogP contribution < -0.4 is 11.1 Å². The van der Waals surface area contributed by atoms with E-state index in [4.69, 9.17) is 5.73 Å². The standard InChI is InChI=1S/C12H25N3O/c1-11(2,3)15-8-12(4,5)7-14-10(16)9(15)6-13/h9H,6-8,13H2,1-5H3,(H,14,16). The minimum atomic E-state index is -0.207. The normalized spacial score (nSPS) is 27.4. The molecular weight excluding hydrogens is 202 g/mol. The molecule has 0 aromatic heterocycles. The Morgan fingerprint density at radius 3 is 2.50 bits per heavy atom. The third-order valence-corrected chi connectivity index (χ3v) is 3.10. The number of nitrogens with two attached hydrogens (primary N) is 1. The van der Waals surface area contributed by atoms with Crippen molar-refractivity contribution in [2.75, 3.05) is 19.6 Å². The van der Waals surface area contributed by atoms with Gasteiger partial charge < -0.3 is 11.1 Å². The van der Waals surface area contributed by atoms with Crippen LogP contribution in [-0.2, 0) is 4.79 Å². The Hall–Kier alpha value is -0.610. The molecule has 1 heterocycles. The molecule has 0 bridgehead atoms. The van der Waals surface area contributed by atoms with E-state index in [2.05, 4.69) is 44.8 Å². The van der Waals surface area contributed by atoms with E-state index in [-0.39, 0.29) is 22.9 Å². The number of nitrogens with zero attached hydrogens (tertiary/aromatic N) is 1. The molecule has 4 heteroatoms. The Bertz CT molecular complexity index is 268. The largest absolute Gasteiger partial charge is 0.354 e. The first kappa shape index (κ1) is 13.5. The topological polar surface area (TPSA) is 58.4 Å². The second-order valence-corrected chi connectivity index (χ2v) is 6.43. The number of hydrogen-bond acceptors (Lipinski definition) is 3. The van der Waals surface area contributed by atoms with Crippen LogP contribution in [0.15, 0.2) is 0 Å². The third-order valence-electron chi connectivity index (χ3n) is 3.10. The molecule has 1 fully saturated rings. The highest BCUT2D eigenvalue weighted by Crippen LogP contribution is 2.26. The summed E-state index contributed by atoms with van der Waals surface area (Å²) in [6, 6.07) is -0.207. The van der Waals surface area contributed by atoms with Crippen molar-refractivity contribution < 1.29 is 4.79 Å². The quantitative estimate of drug-likeness (QED) is 0.688. The lowest BCUT2D eigenvalue weighted by Crippen LogP contribution is -2.56. The molecule has 0 aliphatic carbocycles. The first-order chi connectivity index (χ1) is 7.17. The fraction of sp³-hybridized carbons (Fsp3) is 0.917. The van der Waals surface area contributed by atoms with E-state index < -0.39 is 0 Å². The Kier molecular flexibility index (Phi) is 3.65. The molecule has 0 aromatic rings. The van der Waals surface area contributed by atoms with E-state index in [0.717, 1.165) is 13.1 Å². The van der Waals surface area contributed by atoms with Gasteiger partial charge in [0.25, 0.3) is 0 Å². The molecule has 1 atom stereocenters. The van der Waals surface area contributed by atoms with Crippen LogP contribution in [-0.4, -0.2) is 42.0 Å². The molecule has 0 aromatic carbocycles. The van der Waals surface area contributed by atoms with Crippen LogP contribution in [0.25, 0.3) is 0 Å². The van der Waals surface area contributed by atoms with Crippen LogP contribution in [0.2, 0.25) is 0 Å². The van der Waals surface area contributed by atoms with Crippen LogP contribution in [0.3, 0.4) is 0 Å². The Morgan fingerprint density at radius 2 is 2.06 bits per heavy atom. The van der Waals surface area contributed by atoms with Gasteiger partial charge in [0, 0.05) is 25.2 Å². The van der Waals surface area contributed by atoms with Gasteiger partial charge in [0.1, 0.15) is 6.04 Å². The summed E-state index contributed by atoms with van der Waals surface area (Å²) in [5.41, 5.74) is 5.79. The average Bonchev–Trinajstić information content (AvgIpc) is 2.23. The maximum Gasteiger partial charge on any atom is 0.238 e. The van der Waals surface area contributed by atoms with Gasteiger partial charge in [-0.15, -0.1) is 0 Å². The van der Waals surface area contributed by atoms with E-state index in [1.165, 1.54) is 0 Å². The molecule has 1 rings (SSSR count). The summed E-state index contributed by atoms with van der Waals surface area (Å²) < 4.78 is 0. The molecule has 0 saturated carbocycles. The minimum absolute atomic E-state index is 0.0387. The monoisotopic (exact) mass is 227 g/mol. The van der Waals surface area contributed by atoms with E-state index in [9.17, 15) is 4.79 Å². The molecule has 1 saturated heterocycles. The van der Waals surface area contributed by atoms with Crippen LogP contribution in [0.1, 0.15) is 34.6 Å². The Morgan fingerprint density at radius 1 is 1.50 bits per heavy atom. The lowest BCUT2D eigenvalue weighted by atomic mass is 9.90. The highest BCUT2D eigenvalue weighted by atomic mass is 16.2. The molecule has 4 nitrogen and oxygen atoms in total. The van der Waals surface area contributed by atoms with E-state index in [0.29, 0.717) is 6.54 Å². The van der Waals surface area contributed by atoms with Crippen molar-refractivity contribution in [3.05, 3.63) is 0 Å². The summed E-state index contributed by atoms with van der Waals surface area (Å²) in [4.78, 5) is 14.2. The van der Waals surface area contributed by atoms with Crippen molar-refractivity contribution >= 4 is 5.91 Å². The second kappa shape index (κ2) is 4.34. The van der Waals surface area contributed by atoms with Crippen molar-refractivity contribution in [3.8, 4) is 0 Å². The number of nitrogens with one attached hydrogen (secondary N) is 1. The fourth-order valence-corrected chi connectivity index (χ4v) is 2.15. The second-order valence-electron chi connectivity index (χ2n) is 6.43. The van der Waals surface area contributed by atoms with Gasteiger partial charge in [0.05, 0.1) is 0 Å². The predicted molar refractivity (Wildman–Crippen MR) is 66.1 cm³/mol. The van der Waals surface area contributed by atoms with Crippen LogP contribution in [0, 0.1) is 5.41 Å². The third kappa shape index (κ3) is 2.95. The van der Waals surface area contributed by atoms with Gasteiger partial charge >= 0.3 is 0 Å². The zero-order valence-electron chi connectivity index (χ0n) is 11.1. The highest BCUT2D eigenvalue weighted by Gasteiger charge is 2.39. The van der Waals surface area contributed by atoms with Crippen LogP contribution in [0.5, 0.6) is 0 Å². The zero-order chi connectivity index (χ0) is 12.6. The van der Waals surface area contributed by atoms with Gasteiger partial charge in [0.2, 0.25) is 5.91 Å². The molecule has 0 spiro atoms. The maximum absolute atomic E-state index is 12.0. The summed E-state index contributed by atoms with van der Waals surface area (Å²) in [7, 11) is 0. The number of carbonyl (C=O) groups is 1. The van der Waals surface area contributed by atoms with Gasteiger partial charge in [-0.3, -0.25) is 9.69 Å². The number of amides is 1.